The van der Waals surface area contributed by atoms with Crippen molar-refractivity contribution in [3.05, 3.63) is 59.9 Å². The van der Waals surface area contributed by atoms with E-state index in [1.165, 1.54) is 0 Å². The molecule has 0 spiro atoms. The summed E-state index contributed by atoms with van der Waals surface area (Å²) in [5.74, 6) is 1.59. The highest BCUT2D eigenvalue weighted by atomic mass is 16.5. The van der Waals surface area contributed by atoms with Crippen LogP contribution in [-0.2, 0) is 13.1 Å². The number of ether oxygens (including phenoxy) is 1. The molecule has 0 radical (unpaired) electrons. The fourth-order valence-electron chi connectivity index (χ4n) is 1.87. The predicted octanol–water partition coefficient (Wildman–Crippen LogP) is 1.96. The number of pyridine rings is 1. The molecular formula is C16H20N4O. The van der Waals surface area contributed by atoms with Gasteiger partial charge in [-0.3, -0.25) is 9.98 Å². The van der Waals surface area contributed by atoms with Crippen LogP contribution in [0.4, 0.5) is 0 Å². The number of nitrogens with one attached hydrogen (secondary N) is 2. The summed E-state index contributed by atoms with van der Waals surface area (Å²) < 4.78 is 5.21. The Labute approximate surface area is 125 Å². The Morgan fingerprint density at radius 3 is 2.71 bits per heavy atom. The van der Waals surface area contributed by atoms with Gasteiger partial charge in [-0.2, -0.15) is 0 Å². The number of nitrogens with zero attached hydrogens (tertiary/aromatic N) is 2. The van der Waals surface area contributed by atoms with Crippen molar-refractivity contribution in [2.45, 2.75) is 13.1 Å². The molecule has 5 heteroatoms. The summed E-state index contributed by atoms with van der Waals surface area (Å²) >= 11 is 0. The molecule has 2 rings (SSSR count). The van der Waals surface area contributed by atoms with Crippen molar-refractivity contribution in [2.75, 3.05) is 14.2 Å². The Balaban J connectivity index is 1.85. The van der Waals surface area contributed by atoms with Crippen molar-refractivity contribution in [1.29, 1.82) is 0 Å². The van der Waals surface area contributed by atoms with Crippen LogP contribution in [-0.4, -0.2) is 25.1 Å². The average molecular weight is 284 g/mol. The van der Waals surface area contributed by atoms with E-state index < -0.39 is 0 Å². The molecule has 1 heterocycles. The van der Waals surface area contributed by atoms with Crippen LogP contribution in [0.25, 0.3) is 0 Å². The van der Waals surface area contributed by atoms with Crippen molar-refractivity contribution in [2.24, 2.45) is 4.99 Å². The van der Waals surface area contributed by atoms with E-state index in [1.54, 1.807) is 20.4 Å². The fourth-order valence-corrected chi connectivity index (χ4v) is 1.87. The summed E-state index contributed by atoms with van der Waals surface area (Å²) in [5.41, 5.74) is 2.11. The van der Waals surface area contributed by atoms with E-state index in [0.29, 0.717) is 13.1 Å². The van der Waals surface area contributed by atoms with E-state index in [-0.39, 0.29) is 0 Å². The molecule has 110 valence electrons. The lowest BCUT2D eigenvalue weighted by Gasteiger charge is -2.12. The average Bonchev–Trinajstić information content (AvgIpc) is 2.56. The van der Waals surface area contributed by atoms with Crippen LogP contribution in [0.15, 0.2) is 53.7 Å². The molecule has 5 nitrogen and oxygen atoms in total. The number of rotatable bonds is 5. The molecule has 0 aliphatic carbocycles. The number of benzene rings is 1. The van der Waals surface area contributed by atoms with E-state index in [4.69, 9.17) is 4.74 Å². The predicted molar refractivity (Wildman–Crippen MR) is 84.3 cm³/mol. The fraction of sp³-hybridized carbons (Fsp3) is 0.250. The van der Waals surface area contributed by atoms with Crippen LogP contribution < -0.4 is 15.4 Å². The minimum absolute atomic E-state index is 0.638. The molecular weight excluding hydrogens is 264 g/mol. The highest BCUT2D eigenvalue weighted by Gasteiger charge is 2.00. The van der Waals surface area contributed by atoms with Gasteiger partial charge in [-0.25, -0.2) is 0 Å². The molecule has 1 aromatic carbocycles. The molecule has 2 N–H and O–H groups in total. The molecule has 0 aliphatic rings. The van der Waals surface area contributed by atoms with Crippen molar-refractivity contribution < 1.29 is 4.74 Å². The van der Waals surface area contributed by atoms with Crippen LogP contribution in [0.1, 0.15) is 11.3 Å². The maximum absolute atomic E-state index is 5.21. The SMILES string of the molecule is CN=C(NCc1cccc(OC)c1)NCc1ccccn1. The van der Waals surface area contributed by atoms with E-state index in [0.717, 1.165) is 23.0 Å². The van der Waals surface area contributed by atoms with Crippen LogP contribution >= 0.6 is 0 Å². The summed E-state index contributed by atoms with van der Waals surface area (Å²) in [4.78, 5) is 8.46. The first kappa shape index (κ1) is 14.8. The summed E-state index contributed by atoms with van der Waals surface area (Å²) in [6.45, 7) is 1.32. The second-order valence-electron chi connectivity index (χ2n) is 4.45. The summed E-state index contributed by atoms with van der Waals surface area (Å²) in [6, 6.07) is 13.8. The Hall–Kier alpha value is -2.56. The van der Waals surface area contributed by atoms with E-state index in [2.05, 4.69) is 20.6 Å². The van der Waals surface area contributed by atoms with Crippen LogP contribution in [0, 0.1) is 0 Å². The number of methoxy groups -OCH3 is 1. The molecule has 0 saturated carbocycles. The van der Waals surface area contributed by atoms with E-state index >= 15 is 0 Å². The maximum Gasteiger partial charge on any atom is 0.191 e. The smallest absolute Gasteiger partial charge is 0.191 e. The molecule has 0 bridgehead atoms. The van der Waals surface area contributed by atoms with Gasteiger partial charge in [0, 0.05) is 19.8 Å². The molecule has 2 aromatic rings. The van der Waals surface area contributed by atoms with Gasteiger partial charge in [0.1, 0.15) is 5.75 Å². The Morgan fingerprint density at radius 2 is 2.00 bits per heavy atom. The zero-order valence-electron chi connectivity index (χ0n) is 12.3. The van der Waals surface area contributed by atoms with Crippen molar-refractivity contribution in [3.63, 3.8) is 0 Å². The monoisotopic (exact) mass is 284 g/mol. The molecule has 0 atom stereocenters. The molecule has 0 fully saturated rings. The third-order valence-corrected chi connectivity index (χ3v) is 2.98. The van der Waals surface area contributed by atoms with Gasteiger partial charge in [0.15, 0.2) is 5.96 Å². The minimum atomic E-state index is 0.638. The first-order valence-electron chi connectivity index (χ1n) is 6.79. The van der Waals surface area contributed by atoms with Gasteiger partial charge in [-0.15, -0.1) is 0 Å². The maximum atomic E-state index is 5.21. The minimum Gasteiger partial charge on any atom is -0.497 e. The third-order valence-electron chi connectivity index (χ3n) is 2.98. The third kappa shape index (κ3) is 4.80. The quantitative estimate of drug-likeness (QED) is 0.651. The number of hydrogen-bond acceptors (Lipinski definition) is 3. The van der Waals surface area contributed by atoms with Crippen molar-refractivity contribution in [3.8, 4) is 5.75 Å². The van der Waals surface area contributed by atoms with Crippen LogP contribution in [0.2, 0.25) is 0 Å². The van der Waals surface area contributed by atoms with E-state index in [9.17, 15) is 0 Å². The van der Waals surface area contributed by atoms with Gasteiger partial charge in [0.2, 0.25) is 0 Å². The molecule has 1 aromatic heterocycles. The van der Waals surface area contributed by atoms with Gasteiger partial charge >= 0.3 is 0 Å². The van der Waals surface area contributed by atoms with Gasteiger partial charge in [-0.1, -0.05) is 18.2 Å². The van der Waals surface area contributed by atoms with Crippen LogP contribution in [0.5, 0.6) is 5.75 Å². The Kier molecular flexibility index (Phi) is 5.58. The first-order chi connectivity index (χ1) is 10.3. The normalized spacial score (nSPS) is 11.0. The lowest BCUT2D eigenvalue weighted by molar-refractivity contribution is 0.414. The van der Waals surface area contributed by atoms with E-state index in [1.807, 2.05) is 42.5 Å². The topological polar surface area (TPSA) is 58.5 Å². The number of aliphatic imine (C=N–C) groups is 1. The highest BCUT2D eigenvalue weighted by Crippen LogP contribution is 2.11. The lowest BCUT2D eigenvalue weighted by atomic mass is 10.2. The zero-order chi connectivity index (χ0) is 14.9. The Morgan fingerprint density at radius 1 is 1.14 bits per heavy atom. The summed E-state index contributed by atoms with van der Waals surface area (Å²) in [5, 5.41) is 6.49. The number of hydrogen-bond donors (Lipinski definition) is 2. The van der Waals surface area contributed by atoms with Gasteiger partial charge in [0.25, 0.3) is 0 Å². The summed E-state index contributed by atoms with van der Waals surface area (Å²) in [6.07, 6.45) is 1.78. The number of aromatic nitrogens is 1. The van der Waals surface area contributed by atoms with Gasteiger partial charge in [0.05, 0.1) is 19.3 Å². The molecule has 0 unspecified atom stereocenters. The zero-order valence-corrected chi connectivity index (χ0v) is 12.3. The molecule has 0 saturated heterocycles. The number of guanidine groups is 1. The second kappa shape index (κ2) is 7.89. The standard InChI is InChI=1S/C16H20N4O/c1-17-16(20-12-14-7-3-4-9-18-14)19-11-13-6-5-8-15(10-13)21-2/h3-10H,11-12H2,1-2H3,(H2,17,19,20). The van der Waals surface area contributed by atoms with Crippen molar-refractivity contribution in [1.82, 2.24) is 15.6 Å². The lowest BCUT2D eigenvalue weighted by Crippen LogP contribution is -2.36. The van der Waals surface area contributed by atoms with Crippen LogP contribution in [0.3, 0.4) is 0 Å². The second-order valence-corrected chi connectivity index (χ2v) is 4.45. The van der Waals surface area contributed by atoms with Crippen molar-refractivity contribution >= 4 is 5.96 Å². The molecule has 21 heavy (non-hydrogen) atoms. The Bertz CT molecular complexity index is 584. The molecule has 0 aliphatic heterocycles. The largest absolute Gasteiger partial charge is 0.497 e. The van der Waals surface area contributed by atoms with Gasteiger partial charge in [-0.05, 0) is 29.8 Å². The molecule has 0 amide bonds. The highest BCUT2D eigenvalue weighted by molar-refractivity contribution is 5.79. The summed E-state index contributed by atoms with van der Waals surface area (Å²) in [7, 11) is 3.42. The first-order valence-corrected chi connectivity index (χ1v) is 6.79. The van der Waals surface area contributed by atoms with Gasteiger partial charge < -0.3 is 15.4 Å².